The summed E-state index contributed by atoms with van der Waals surface area (Å²) in [5.74, 6) is 1.83. The molecule has 4 rings (SSSR count). The van der Waals surface area contributed by atoms with Gasteiger partial charge >= 0.3 is 0 Å². The molecule has 118 valence electrons. The molecule has 1 N–H and O–H groups in total. The second kappa shape index (κ2) is 4.92. The average Bonchev–Trinajstić information content (AvgIpc) is 2.83. The van der Waals surface area contributed by atoms with Crippen LogP contribution in [0, 0.1) is 17.3 Å². The van der Waals surface area contributed by atoms with Crippen LogP contribution in [0.25, 0.3) is 0 Å². The number of hydrogen-bond acceptors (Lipinski definition) is 2. The largest absolute Gasteiger partial charge is 0.393 e. The molecular formula is C20H26O2. The van der Waals surface area contributed by atoms with Crippen LogP contribution < -0.4 is 0 Å². The number of hydrogen-bond donors (Lipinski definition) is 1. The molecule has 22 heavy (non-hydrogen) atoms. The lowest BCUT2D eigenvalue weighted by molar-refractivity contribution is -0.0208. The third kappa shape index (κ3) is 1.86. The summed E-state index contributed by atoms with van der Waals surface area (Å²) >= 11 is 0. The van der Waals surface area contributed by atoms with Crippen molar-refractivity contribution >= 4 is 5.78 Å². The fraction of sp³-hybridized carbons (Fsp3) is 0.650. The molecule has 1 aromatic carbocycles. The number of ketones is 1. The van der Waals surface area contributed by atoms with E-state index in [1.54, 1.807) is 0 Å². The zero-order valence-corrected chi connectivity index (χ0v) is 13.6. The lowest BCUT2D eigenvalue weighted by Gasteiger charge is -2.49. The van der Waals surface area contributed by atoms with Crippen LogP contribution in [-0.4, -0.2) is 17.0 Å². The van der Waals surface area contributed by atoms with E-state index in [0.717, 1.165) is 37.7 Å². The highest BCUT2D eigenvalue weighted by molar-refractivity contribution is 5.99. The van der Waals surface area contributed by atoms with Crippen molar-refractivity contribution in [2.45, 2.75) is 64.4 Å². The zero-order chi connectivity index (χ0) is 15.5. The third-order valence-electron chi connectivity index (χ3n) is 7.03. The highest BCUT2D eigenvalue weighted by Crippen LogP contribution is 2.60. The number of Topliss-reactive ketones (excluding diaryl/α,β-unsaturated/α-hetero) is 1. The predicted molar refractivity (Wildman–Crippen MR) is 87.1 cm³/mol. The first kappa shape index (κ1) is 14.4. The van der Waals surface area contributed by atoms with Crippen molar-refractivity contribution in [3.05, 3.63) is 34.9 Å². The van der Waals surface area contributed by atoms with Crippen LogP contribution in [0.5, 0.6) is 0 Å². The van der Waals surface area contributed by atoms with Gasteiger partial charge in [-0.2, -0.15) is 0 Å². The van der Waals surface area contributed by atoms with E-state index in [1.807, 2.05) is 0 Å². The van der Waals surface area contributed by atoms with E-state index in [1.165, 1.54) is 11.1 Å². The van der Waals surface area contributed by atoms with Crippen LogP contribution in [0.3, 0.4) is 0 Å². The number of aliphatic hydroxyl groups is 1. The van der Waals surface area contributed by atoms with E-state index in [4.69, 9.17) is 0 Å². The van der Waals surface area contributed by atoms with E-state index >= 15 is 0 Å². The van der Waals surface area contributed by atoms with Crippen molar-refractivity contribution in [2.75, 3.05) is 0 Å². The number of carbonyl (C=O) groups is 1. The summed E-state index contributed by atoms with van der Waals surface area (Å²) in [6.07, 6.45) is 5.75. The maximum Gasteiger partial charge on any atom is 0.163 e. The lowest BCUT2D eigenvalue weighted by atomic mass is 9.55. The minimum absolute atomic E-state index is 0.0440. The molecule has 0 aliphatic heterocycles. The fourth-order valence-electron chi connectivity index (χ4n) is 5.64. The topological polar surface area (TPSA) is 37.3 Å². The van der Waals surface area contributed by atoms with E-state index in [2.05, 4.69) is 32.0 Å². The lowest BCUT2D eigenvalue weighted by Crippen LogP contribution is -2.44. The molecular weight excluding hydrogens is 272 g/mol. The standard InChI is InChI=1S/C20H26O2/c1-3-12-4-5-13-14-8-9-20(2)17(6-7-19(20)22)15(14)11-18(21)16(13)10-12/h4-5,10,14-15,17,19,22H,3,6-9,11H2,1-2H3. The maximum absolute atomic E-state index is 12.7. The summed E-state index contributed by atoms with van der Waals surface area (Å²) in [4.78, 5) is 12.7. The van der Waals surface area contributed by atoms with Gasteiger partial charge in [-0.05, 0) is 72.5 Å². The Kier molecular flexibility index (Phi) is 3.23. The van der Waals surface area contributed by atoms with Gasteiger partial charge in [-0.3, -0.25) is 4.79 Å². The van der Waals surface area contributed by atoms with Gasteiger partial charge in [0.15, 0.2) is 5.78 Å². The van der Waals surface area contributed by atoms with Crippen LogP contribution in [0.1, 0.15) is 73.4 Å². The van der Waals surface area contributed by atoms with Crippen molar-refractivity contribution in [2.24, 2.45) is 17.3 Å². The van der Waals surface area contributed by atoms with Gasteiger partial charge in [0, 0.05) is 12.0 Å². The third-order valence-corrected chi connectivity index (χ3v) is 7.03. The molecule has 3 aliphatic rings. The second-order valence-corrected chi connectivity index (χ2v) is 7.92. The Morgan fingerprint density at radius 1 is 1.27 bits per heavy atom. The molecule has 0 aromatic heterocycles. The van der Waals surface area contributed by atoms with Crippen LogP contribution in [0.15, 0.2) is 18.2 Å². The quantitative estimate of drug-likeness (QED) is 0.847. The molecule has 2 saturated carbocycles. The SMILES string of the molecule is CCc1ccc2c(c1)C(=O)CC1C2CCC2(C)C(O)CCC12. The van der Waals surface area contributed by atoms with Gasteiger partial charge in [0.05, 0.1) is 6.10 Å². The van der Waals surface area contributed by atoms with Crippen molar-refractivity contribution < 1.29 is 9.90 Å². The highest BCUT2D eigenvalue weighted by atomic mass is 16.3. The Balaban J connectivity index is 1.75. The summed E-state index contributed by atoms with van der Waals surface area (Å²) in [5, 5.41) is 10.4. The molecule has 0 saturated heterocycles. The summed E-state index contributed by atoms with van der Waals surface area (Å²) in [6, 6.07) is 6.55. The smallest absolute Gasteiger partial charge is 0.163 e. The highest BCUT2D eigenvalue weighted by Gasteiger charge is 2.55. The van der Waals surface area contributed by atoms with Gasteiger partial charge < -0.3 is 5.11 Å². The second-order valence-electron chi connectivity index (χ2n) is 7.92. The molecule has 0 bridgehead atoms. The monoisotopic (exact) mass is 298 g/mol. The fourth-order valence-corrected chi connectivity index (χ4v) is 5.64. The average molecular weight is 298 g/mol. The van der Waals surface area contributed by atoms with E-state index in [0.29, 0.717) is 30.0 Å². The Morgan fingerprint density at radius 2 is 2.09 bits per heavy atom. The molecule has 0 heterocycles. The van der Waals surface area contributed by atoms with E-state index < -0.39 is 0 Å². The molecule has 0 radical (unpaired) electrons. The van der Waals surface area contributed by atoms with E-state index in [9.17, 15) is 9.90 Å². The molecule has 2 nitrogen and oxygen atoms in total. The number of aryl methyl sites for hydroxylation is 1. The van der Waals surface area contributed by atoms with Gasteiger partial charge in [0.25, 0.3) is 0 Å². The molecule has 3 aliphatic carbocycles. The number of fused-ring (bicyclic) bond motifs is 5. The predicted octanol–water partition coefficient (Wildman–Crippen LogP) is 4.11. The number of aliphatic hydroxyl groups excluding tert-OH is 1. The molecule has 2 fully saturated rings. The Labute approximate surface area is 132 Å². The molecule has 0 amide bonds. The van der Waals surface area contributed by atoms with Crippen LogP contribution >= 0.6 is 0 Å². The molecule has 5 atom stereocenters. The van der Waals surface area contributed by atoms with E-state index in [-0.39, 0.29) is 11.5 Å². The Hall–Kier alpha value is -1.15. The first-order valence-corrected chi connectivity index (χ1v) is 8.88. The van der Waals surface area contributed by atoms with Crippen molar-refractivity contribution in [1.82, 2.24) is 0 Å². The van der Waals surface area contributed by atoms with Crippen LogP contribution in [0.4, 0.5) is 0 Å². The van der Waals surface area contributed by atoms with Gasteiger partial charge in [0.2, 0.25) is 0 Å². The van der Waals surface area contributed by atoms with Crippen molar-refractivity contribution in [3.8, 4) is 0 Å². The number of benzene rings is 1. The zero-order valence-electron chi connectivity index (χ0n) is 13.6. The van der Waals surface area contributed by atoms with Crippen molar-refractivity contribution in [3.63, 3.8) is 0 Å². The first-order chi connectivity index (χ1) is 10.5. The van der Waals surface area contributed by atoms with Gasteiger partial charge in [0.1, 0.15) is 0 Å². The molecule has 1 aromatic rings. The molecule has 0 spiro atoms. The van der Waals surface area contributed by atoms with Gasteiger partial charge in [-0.15, -0.1) is 0 Å². The number of rotatable bonds is 1. The van der Waals surface area contributed by atoms with Crippen molar-refractivity contribution in [1.29, 1.82) is 0 Å². The first-order valence-electron chi connectivity index (χ1n) is 8.88. The van der Waals surface area contributed by atoms with Crippen LogP contribution in [-0.2, 0) is 6.42 Å². The van der Waals surface area contributed by atoms with Gasteiger partial charge in [-0.25, -0.2) is 0 Å². The minimum Gasteiger partial charge on any atom is -0.393 e. The maximum atomic E-state index is 12.7. The summed E-state index contributed by atoms with van der Waals surface area (Å²) < 4.78 is 0. The molecule has 5 unspecified atom stereocenters. The van der Waals surface area contributed by atoms with Gasteiger partial charge in [-0.1, -0.05) is 26.0 Å². The Bertz CT molecular complexity index is 620. The Morgan fingerprint density at radius 3 is 2.86 bits per heavy atom. The summed E-state index contributed by atoms with van der Waals surface area (Å²) in [7, 11) is 0. The summed E-state index contributed by atoms with van der Waals surface area (Å²) in [6.45, 7) is 4.40. The number of carbonyl (C=O) groups excluding carboxylic acids is 1. The van der Waals surface area contributed by atoms with Crippen LogP contribution in [0.2, 0.25) is 0 Å². The minimum atomic E-state index is -0.169. The normalized spacial score (nSPS) is 40.0. The molecule has 2 heteroatoms. The summed E-state index contributed by atoms with van der Waals surface area (Å²) in [5.41, 5.74) is 3.59.